The summed E-state index contributed by atoms with van der Waals surface area (Å²) in [6, 6.07) is 13.0. The highest BCUT2D eigenvalue weighted by atomic mass is 32.1. The molecule has 0 aliphatic rings. The number of hydrogen-bond donors (Lipinski definition) is 0. The smallest absolute Gasteiger partial charge is 0.295 e. The number of carbonyl (C=O) groups excluding carboxylic acids is 1. The number of aromatic nitrogens is 3. The van der Waals surface area contributed by atoms with E-state index in [-0.39, 0.29) is 18.9 Å². The number of halogens is 1. The average molecular weight is 366 g/mol. The summed E-state index contributed by atoms with van der Waals surface area (Å²) in [5.41, 5.74) is 0.536. The fourth-order valence-electron chi connectivity index (χ4n) is 2.24. The number of carbonyl (C=O) groups is 1. The largest absolute Gasteiger partial charge is 0.309 e. The molecule has 0 saturated heterocycles. The van der Waals surface area contributed by atoms with Crippen LogP contribution in [-0.4, -0.2) is 38.7 Å². The maximum atomic E-state index is 13.2. The van der Waals surface area contributed by atoms with Gasteiger partial charge in [0.25, 0.3) is 5.91 Å². The molecule has 9 heteroatoms. The number of amides is 1. The number of benzene rings is 1. The van der Waals surface area contributed by atoms with Crippen LogP contribution in [0.25, 0.3) is 16.4 Å². The quantitative estimate of drug-likeness (QED) is 0.647. The molecule has 3 aromatic rings. The lowest BCUT2D eigenvalue weighted by atomic mass is 10.3. The lowest BCUT2D eigenvalue weighted by molar-refractivity contribution is 0.0783. The van der Waals surface area contributed by atoms with Crippen LogP contribution < -0.4 is 0 Å². The van der Waals surface area contributed by atoms with Crippen molar-refractivity contribution in [1.82, 2.24) is 19.7 Å². The second kappa shape index (κ2) is 7.55. The molecule has 0 aliphatic heterocycles. The van der Waals surface area contributed by atoms with E-state index < -0.39 is 11.7 Å². The van der Waals surface area contributed by atoms with Gasteiger partial charge in [0, 0.05) is 0 Å². The van der Waals surface area contributed by atoms with E-state index in [1.165, 1.54) is 40.3 Å². The van der Waals surface area contributed by atoms with E-state index in [1.54, 1.807) is 0 Å². The first-order valence-corrected chi connectivity index (χ1v) is 8.32. The van der Waals surface area contributed by atoms with Crippen molar-refractivity contribution in [2.24, 2.45) is 0 Å². The monoisotopic (exact) mass is 366 g/mol. The second-order valence-corrected chi connectivity index (χ2v) is 6.05. The number of nitrogens with zero attached hydrogens (tertiary/aromatic N) is 6. The molecule has 128 valence electrons. The Labute approximate surface area is 152 Å². The van der Waals surface area contributed by atoms with Gasteiger partial charge in [-0.2, -0.15) is 10.5 Å². The number of rotatable bonds is 5. The van der Waals surface area contributed by atoms with Crippen molar-refractivity contribution in [2.75, 3.05) is 13.1 Å². The molecule has 2 aromatic heterocycles. The molecule has 1 aromatic carbocycles. The summed E-state index contributed by atoms with van der Waals surface area (Å²) in [4.78, 5) is 18.7. The minimum atomic E-state index is -0.619. The van der Waals surface area contributed by atoms with Gasteiger partial charge in [0.15, 0.2) is 5.82 Å². The third-order valence-electron chi connectivity index (χ3n) is 3.42. The molecule has 0 N–H and O–H groups in total. The molecule has 0 fully saturated rings. The minimum Gasteiger partial charge on any atom is -0.309 e. The van der Waals surface area contributed by atoms with Crippen LogP contribution in [0.5, 0.6) is 0 Å². The zero-order valence-corrected chi connectivity index (χ0v) is 14.1. The van der Waals surface area contributed by atoms with Gasteiger partial charge in [-0.05, 0) is 35.7 Å². The summed E-state index contributed by atoms with van der Waals surface area (Å²) >= 11 is 1.41. The van der Waals surface area contributed by atoms with Crippen molar-refractivity contribution < 1.29 is 9.18 Å². The lowest BCUT2D eigenvalue weighted by Crippen LogP contribution is -2.32. The van der Waals surface area contributed by atoms with E-state index in [9.17, 15) is 9.18 Å². The Morgan fingerprint density at radius 2 is 1.88 bits per heavy atom. The predicted molar refractivity (Wildman–Crippen MR) is 91.8 cm³/mol. The first-order chi connectivity index (χ1) is 12.6. The molecule has 26 heavy (non-hydrogen) atoms. The van der Waals surface area contributed by atoms with E-state index in [4.69, 9.17) is 10.5 Å². The Kier molecular flexibility index (Phi) is 5.02. The summed E-state index contributed by atoms with van der Waals surface area (Å²) in [5.74, 6) is -0.726. The van der Waals surface area contributed by atoms with Crippen LogP contribution in [0.2, 0.25) is 0 Å². The molecule has 7 nitrogen and oxygen atoms in total. The van der Waals surface area contributed by atoms with Crippen molar-refractivity contribution >= 4 is 17.2 Å². The van der Waals surface area contributed by atoms with Gasteiger partial charge in [-0.3, -0.25) is 4.79 Å². The van der Waals surface area contributed by atoms with Crippen LogP contribution in [-0.2, 0) is 0 Å². The first kappa shape index (κ1) is 17.3. The maximum absolute atomic E-state index is 13.2. The van der Waals surface area contributed by atoms with Gasteiger partial charge in [-0.15, -0.1) is 16.4 Å². The number of hydrogen-bond acceptors (Lipinski definition) is 6. The SMILES string of the molecule is N#CCN(CC#N)C(=O)c1nc(-c2cccs2)n(-c2ccc(F)cc2)n1. The third kappa shape index (κ3) is 3.43. The van der Waals surface area contributed by atoms with Crippen molar-refractivity contribution in [2.45, 2.75) is 0 Å². The van der Waals surface area contributed by atoms with Crippen molar-refractivity contribution in [1.29, 1.82) is 10.5 Å². The lowest BCUT2D eigenvalue weighted by Gasteiger charge is -2.12. The Hall–Kier alpha value is -3.56. The molecular weight excluding hydrogens is 355 g/mol. The Balaban J connectivity index is 2.07. The molecule has 0 bridgehead atoms. The van der Waals surface area contributed by atoms with Gasteiger partial charge in [-0.1, -0.05) is 6.07 Å². The molecule has 1 amide bonds. The molecule has 0 atom stereocenters. The molecule has 0 spiro atoms. The highest BCUT2D eigenvalue weighted by Gasteiger charge is 2.23. The molecule has 0 radical (unpaired) electrons. The van der Waals surface area contributed by atoms with Crippen LogP contribution in [0.3, 0.4) is 0 Å². The van der Waals surface area contributed by atoms with Crippen molar-refractivity contribution in [3.05, 3.63) is 53.4 Å². The van der Waals surface area contributed by atoms with Gasteiger partial charge in [0.1, 0.15) is 18.9 Å². The molecule has 0 unspecified atom stereocenters. The zero-order chi connectivity index (χ0) is 18.5. The summed E-state index contributed by atoms with van der Waals surface area (Å²) < 4.78 is 14.7. The fraction of sp³-hybridized carbons (Fsp3) is 0.118. The van der Waals surface area contributed by atoms with Gasteiger partial charge in [-0.25, -0.2) is 14.1 Å². The highest BCUT2D eigenvalue weighted by Crippen LogP contribution is 2.26. The normalized spacial score (nSPS) is 10.1. The summed E-state index contributed by atoms with van der Waals surface area (Å²) in [6.45, 7) is -0.488. The summed E-state index contributed by atoms with van der Waals surface area (Å²) in [5, 5.41) is 23.8. The average Bonchev–Trinajstić information content (AvgIpc) is 3.31. The minimum absolute atomic E-state index is 0.136. The van der Waals surface area contributed by atoms with E-state index in [0.717, 1.165) is 9.78 Å². The predicted octanol–water partition coefficient (Wildman–Crippen LogP) is 2.62. The number of nitriles is 2. The highest BCUT2D eigenvalue weighted by molar-refractivity contribution is 7.13. The van der Waals surface area contributed by atoms with Crippen LogP contribution >= 0.6 is 11.3 Å². The van der Waals surface area contributed by atoms with E-state index in [0.29, 0.717) is 11.5 Å². The first-order valence-electron chi connectivity index (χ1n) is 7.44. The van der Waals surface area contributed by atoms with Crippen LogP contribution in [0.15, 0.2) is 41.8 Å². The summed E-state index contributed by atoms with van der Waals surface area (Å²) in [7, 11) is 0. The van der Waals surface area contributed by atoms with E-state index in [2.05, 4.69) is 10.1 Å². The van der Waals surface area contributed by atoms with Gasteiger partial charge in [0.05, 0.1) is 22.7 Å². The Morgan fingerprint density at radius 3 is 2.46 bits per heavy atom. The molecule has 0 saturated carbocycles. The van der Waals surface area contributed by atoms with Gasteiger partial charge < -0.3 is 4.90 Å². The Bertz CT molecular complexity index is 982. The fourth-order valence-corrected chi connectivity index (χ4v) is 2.94. The summed E-state index contributed by atoms with van der Waals surface area (Å²) in [6.07, 6.45) is 0. The van der Waals surface area contributed by atoms with Crippen LogP contribution in [0.1, 0.15) is 10.6 Å². The second-order valence-electron chi connectivity index (χ2n) is 5.10. The maximum Gasteiger partial charge on any atom is 0.295 e. The van der Waals surface area contributed by atoms with Gasteiger partial charge >= 0.3 is 0 Å². The van der Waals surface area contributed by atoms with Crippen molar-refractivity contribution in [3.8, 4) is 28.5 Å². The Morgan fingerprint density at radius 1 is 1.19 bits per heavy atom. The number of thiophene rings is 1. The standard InChI is InChI=1S/C17H11FN6OS/c18-12-3-5-13(6-4-12)24-16(14-2-1-11-26-14)21-15(22-24)17(25)23(9-7-19)10-8-20/h1-6,11H,9-10H2. The zero-order valence-electron chi connectivity index (χ0n) is 13.3. The van der Waals surface area contributed by atoms with Gasteiger partial charge in [0.2, 0.25) is 5.82 Å². The van der Waals surface area contributed by atoms with E-state index >= 15 is 0 Å². The molecule has 3 rings (SSSR count). The van der Waals surface area contributed by atoms with Crippen LogP contribution in [0.4, 0.5) is 4.39 Å². The van der Waals surface area contributed by atoms with Crippen LogP contribution in [0, 0.1) is 28.5 Å². The van der Waals surface area contributed by atoms with Crippen molar-refractivity contribution in [3.63, 3.8) is 0 Å². The topological polar surface area (TPSA) is 98.6 Å². The third-order valence-corrected chi connectivity index (χ3v) is 4.29. The molecule has 2 heterocycles. The van der Waals surface area contributed by atoms with E-state index in [1.807, 2.05) is 29.7 Å². The molecule has 0 aliphatic carbocycles. The molecular formula is C17H11FN6OS.